The van der Waals surface area contributed by atoms with Gasteiger partial charge in [-0.05, 0) is 67.1 Å². The molecule has 0 saturated heterocycles. The van der Waals surface area contributed by atoms with Gasteiger partial charge < -0.3 is 9.72 Å². The smallest absolute Gasteiger partial charge is 0.349 e. The van der Waals surface area contributed by atoms with Crippen molar-refractivity contribution in [1.29, 1.82) is 0 Å². The average Bonchev–Trinajstić information content (AvgIpc) is 2.60. The summed E-state index contributed by atoms with van der Waals surface area (Å²) in [6.45, 7) is 6.83. The SMILES string of the molecule is CC(C)(C)COc1c(Br)cc(C=Nn2c(=O)[nH]c3ccccc3c2=O)cc1Br. The van der Waals surface area contributed by atoms with Crippen molar-refractivity contribution >= 4 is 49.0 Å². The van der Waals surface area contributed by atoms with Crippen molar-refractivity contribution in [1.82, 2.24) is 9.66 Å². The fraction of sp³-hybridized carbons (Fsp3) is 0.250. The molecule has 0 amide bonds. The number of rotatable bonds is 4. The Balaban J connectivity index is 1.94. The summed E-state index contributed by atoms with van der Waals surface area (Å²) in [6, 6.07) is 10.4. The van der Waals surface area contributed by atoms with E-state index in [1.165, 1.54) is 6.21 Å². The highest BCUT2D eigenvalue weighted by atomic mass is 79.9. The van der Waals surface area contributed by atoms with Crippen LogP contribution in [0.3, 0.4) is 0 Å². The first kappa shape index (κ1) is 20.5. The fourth-order valence-electron chi connectivity index (χ4n) is 2.46. The van der Waals surface area contributed by atoms with Gasteiger partial charge in [0.25, 0.3) is 5.56 Å². The van der Waals surface area contributed by atoms with Gasteiger partial charge in [-0.3, -0.25) is 4.79 Å². The van der Waals surface area contributed by atoms with Crippen LogP contribution in [0.2, 0.25) is 0 Å². The van der Waals surface area contributed by atoms with Crippen LogP contribution in [0.1, 0.15) is 26.3 Å². The highest BCUT2D eigenvalue weighted by Gasteiger charge is 2.15. The van der Waals surface area contributed by atoms with E-state index in [1.807, 2.05) is 12.1 Å². The van der Waals surface area contributed by atoms with E-state index in [0.717, 1.165) is 13.6 Å². The Bertz CT molecular complexity index is 1150. The van der Waals surface area contributed by atoms with Crippen LogP contribution in [0.25, 0.3) is 10.9 Å². The third-order valence-electron chi connectivity index (χ3n) is 3.78. The molecular formula is C20H19Br2N3O3. The number of nitrogens with zero attached hydrogens (tertiary/aromatic N) is 2. The Morgan fingerprint density at radius 2 is 1.79 bits per heavy atom. The van der Waals surface area contributed by atoms with Crippen molar-refractivity contribution in [3.63, 3.8) is 0 Å². The summed E-state index contributed by atoms with van der Waals surface area (Å²) in [5.41, 5.74) is 0.135. The van der Waals surface area contributed by atoms with E-state index in [0.29, 0.717) is 28.8 Å². The number of para-hydroxylation sites is 1. The van der Waals surface area contributed by atoms with Crippen LogP contribution >= 0.6 is 31.9 Å². The quantitative estimate of drug-likeness (QED) is 0.526. The summed E-state index contributed by atoms with van der Waals surface area (Å²) in [4.78, 5) is 27.4. The lowest BCUT2D eigenvalue weighted by Crippen LogP contribution is -2.32. The second kappa shape index (κ2) is 8.05. The summed E-state index contributed by atoms with van der Waals surface area (Å²) in [6.07, 6.45) is 1.45. The van der Waals surface area contributed by atoms with Gasteiger partial charge in [0.05, 0.1) is 32.7 Å². The van der Waals surface area contributed by atoms with E-state index in [2.05, 4.69) is 62.7 Å². The van der Waals surface area contributed by atoms with Gasteiger partial charge in [0.15, 0.2) is 0 Å². The molecule has 3 rings (SSSR count). The number of fused-ring (bicyclic) bond motifs is 1. The molecule has 0 aliphatic heterocycles. The second-order valence-electron chi connectivity index (χ2n) is 7.50. The first-order chi connectivity index (χ1) is 13.2. The van der Waals surface area contributed by atoms with Crippen LogP contribution < -0.4 is 16.0 Å². The number of aromatic nitrogens is 2. The Morgan fingerprint density at radius 3 is 2.43 bits per heavy atom. The van der Waals surface area contributed by atoms with E-state index in [-0.39, 0.29) is 5.41 Å². The number of H-pyrrole nitrogens is 1. The number of hydrogen-bond acceptors (Lipinski definition) is 4. The Morgan fingerprint density at radius 1 is 1.14 bits per heavy atom. The van der Waals surface area contributed by atoms with Gasteiger partial charge in [0, 0.05) is 0 Å². The van der Waals surface area contributed by atoms with Gasteiger partial charge in [0.1, 0.15) is 5.75 Å². The molecule has 0 saturated carbocycles. The highest BCUT2D eigenvalue weighted by Crippen LogP contribution is 2.35. The molecule has 3 aromatic rings. The van der Waals surface area contributed by atoms with Crippen molar-refractivity contribution in [3.8, 4) is 5.75 Å². The lowest BCUT2D eigenvalue weighted by atomic mass is 9.99. The molecule has 0 radical (unpaired) electrons. The number of aromatic amines is 1. The number of hydrogen-bond donors (Lipinski definition) is 1. The Labute approximate surface area is 178 Å². The number of benzene rings is 2. The minimum Gasteiger partial charge on any atom is -0.491 e. The van der Waals surface area contributed by atoms with Crippen molar-refractivity contribution < 1.29 is 4.74 Å². The zero-order valence-electron chi connectivity index (χ0n) is 15.6. The van der Waals surface area contributed by atoms with Crippen molar-refractivity contribution in [2.24, 2.45) is 10.5 Å². The Kier molecular flexibility index (Phi) is 5.90. The van der Waals surface area contributed by atoms with Crippen LogP contribution in [0.15, 0.2) is 60.0 Å². The van der Waals surface area contributed by atoms with Gasteiger partial charge in [-0.15, -0.1) is 4.68 Å². The molecule has 0 atom stereocenters. The average molecular weight is 509 g/mol. The molecule has 2 aromatic carbocycles. The molecule has 0 bridgehead atoms. The number of nitrogens with one attached hydrogen (secondary N) is 1. The minimum atomic E-state index is -0.594. The predicted molar refractivity (Wildman–Crippen MR) is 119 cm³/mol. The molecule has 8 heteroatoms. The van der Waals surface area contributed by atoms with Crippen molar-refractivity contribution in [3.05, 3.63) is 71.7 Å². The maximum absolute atomic E-state index is 12.5. The van der Waals surface area contributed by atoms with Gasteiger partial charge in [0.2, 0.25) is 0 Å². The molecule has 6 nitrogen and oxygen atoms in total. The zero-order valence-corrected chi connectivity index (χ0v) is 18.8. The molecule has 0 spiro atoms. The number of ether oxygens (including phenoxy) is 1. The van der Waals surface area contributed by atoms with E-state index in [4.69, 9.17) is 4.74 Å². The third kappa shape index (κ3) is 4.62. The van der Waals surface area contributed by atoms with Crippen LogP contribution in [-0.2, 0) is 0 Å². The molecular weight excluding hydrogens is 490 g/mol. The van der Waals surface area contributed by atoms with Crippen LogP contribution in [0.5, 0.6) is 5.75 Å². The van der Waals surface area contributed by atoms with E-state index < -0.39 is 11.2 Å². The number of halogens is 2. The summed E-state index contributed by atoms with van der Waals surface area (Å²) >= 11 is 7.00. The highest BCUT2D eigenvalue weighted by molar-refractivity contribution is 9.11. The molecule has 1 N–H and O–H groups in total. The summed E-state index contributed by atoms with van der Waals surface area (Å²) in [5.74, 6) is 0.688. The lowest BCUT2D eigenvalue weighted by molar-refractivity contribution is 0.196. The lowest BCUT2D eigenvalue weighted by Gasteiger charge is -2.20. The molecule has 0 aliphatic carbocycles. The van der Waals surface area contributed by atoms with Crippen LogP contribution in [0, 0.1) is 5.41 Å². The Hall–Kier alpha value is -2.19. The maximum Gasteiger partial charge on any atom is 0.349 e. The van der Waals surface area contributed by atoms with E-state index in [1.54, 1.807) is 24.3 Å². The largest absolute Gasteiger partial charge is 0.491 e. The van der Waals surface area contributed by atoms with E-state index >= 15 is 0 Å². The van der Waals surface area contributed by atoms with Crippen molar-refractivity contribution in [2.45, 2.75) is 20.8 Å². The molecule has 1 aromatic heterocycles. The first-order valence-corrected chi connectivity index (χ1v) is 10.1. The molecule has 146 valence electrons. The summed E-state index contributed by atoms with van der Waals surface area (Å²) < 4.78 is 8.19. The zero-order chi connectivity index (χ0) is 20.5. The van der Waals surface area contributed by atoms with E-state index in [9.17, 15) is 9.59 Å². The predicted octanol–water partition coefficient (Wildman–Crippen LogP) is 4.52. The van der Waals surface area contributed by atoms with Gasteiger partial charge >= 0.3 is 5.69 Å². The summed E-state index contributed by atoms with van der Waals surface area (Å²) in [5, 5.41) is 4.47. The second-order valence-corrected chi connectivity index (χ2v) is 9.21. The third-order valence-corrected chi connectivity index (χ3v) is 4.95. The first-order valence-electron chi connectivity index (χ1n) is 8.56. The van der Waals surface area contributed by atoms with Crippen LogP contribution in [0.4, 0.5) is 0 Å². The molecule has 0 aliphatic rings. The van der Waals surface area contributed by atoms with Crippen LogP contribution in [-0.4, -0.2) is 22.5 Å². The minimum absolute atomic E-state index is 0.0251. The fourth-order valence-corrected chi connectivity index (χ4v) is 3.91. The monoisotopic (exact) mass is 507 g/mol. The molecule has 0 unspecified atom stereocenters. The standard InChI is InChI=1S/C20H19Br2N3O3/c1-20(2,3)11-28-17-14(21)8-12(9-15(17)22)10-23-25-18(26)13-6-4-5-7-16(13)24-19(25)27/h4-10H,11H2,1-3H3,(H,24,27). The topological polar surface area (TPSA) is 76.5 Å². The molecule has 0 fully saturated rings. The summed E-state index contributed by atoms with van der Waals surface area (Å²) in [7, 11) is 0. The molecule has 28 heavy (non-hydrogen) atoms. The van der Waals surface area contributed by atoms with Gasteiger partial charge in [-0.1, -0.05) is 32.9 Å². The van der Waals surface area contributed by atoms with Gasteiger partial charge in [-0.2, -0.15) is 5.10 Å². The normalized spacial score (nSPS) is 12.0. The molecule has 1 heterocycles. The van der Waals surface area contributed by atoms with Crippen molar-refractivity contribution in [2.75, 3.05) is 6.61 Å². The maximum atomic E-state index is 12.5. The van der Waals surface area contributed by atoms with Gasteiger partial charge in [-0.25, -0.2) is 4.79 Å².